The minimum absolute atomic E-state index is 0.0709. The van der Waals surface area contributed by atoms with Crippen LogP contribution in [0.25, 0.3) is 0 Å². The number of sulfonamides is 1. The number of amides is 1. The zero-order valence-electron chi connectivity index (χ0n) is 17.3. The Kier molecular flexibility index (Phi) is 7.47. The molecule has 0 aliphatic carbocycles. The summed E-state index contributed by atoms with van der Waals surface area (Å²) < 4.78 is 37.4. The molecule has 1 N–H and O–H groups in total. The molecule has 1 aliphatic heterocycles. The maximum atomic E-state index is 12.7. The predicted molar refractivity (Wildman–Crippen MR) is 114 cm³/mol. The fourth-order valence-electron chi connectivity index (χ4n) is 3.44. The minimum Gasteiger partial charge on any atom is -0.496 e. The molecule has 0 saturated carbocycles. The number of aryl methyl sites for hydroxylation is 1. The highest BCUT2D eigenvalue weighted by Crippen LogP contribution is 2.24. The maximum Gasteiger partial charge on any atom is 0.243 e. The molecular formula is C22H28N2O5S. The van der Waals surface area contributed by atoms with Gasteiger partial charge in [0.15, 0.2) is 0 Å². The van der Waals surface area contributed by atoms with Gasteiger partial charge in [-0.1, -0.05) is 30.3 Å². The summed E-state index contributed by atoms with van der Waals surface area (Å²) in [5.41, 5.74) is 1.84. The molecule has 2 aromatic carbocycles. The van der Waals surface area contributed by atoms with Crippen LogP contribution < -0.4 is 10.1 Å². The number of rotatable bonds is 8. The van der Waals surface area contributed by atoms with Crippen molar-refractivity contribution >= 4 is 15.9 Å². The summed E-state index contributed by atoms with van der Waals surface area (Å²) in [5.74, 6) is 0.667. The molecule has 30 heavy (non-hydrogen) atoms. The number of methoxy groups -OCH3 is 1. The lowest BCUT2D eigenvalue weighted by Crippen LogP contribution is -2.40. The number of carbonyl (C=O) groups excluding carboxylic acids is 1. The molecular weight excluding hydrogens is 404 g/mol. The first-order valence-electron chi connectivity index (χ1n) is 10.0. The second-order valence-corrected chi connectivity index (χ2v) is 9.13. The largest absolute Gasteiger partial charge is 0.496 e. The normalized spacial score (nSPS) is 16.1. The van der Waals surface area contributed by atoms with Gasteiger partial charge in [0, 0.05) is 25.1 Å². The first-order chi connectivity index (χ1) is 14.4. The molecule has 0 spiro atoms. The van der Waals surface area contributed by atoms with Gasteiger partial charge in [0.2, 0.25) is 15.9 Å². The van der Waals surface area contributed by atoms with Gasteiger partial charge in [-0.25, -0.2) is 8.42 Å². The molecule has 162 valence electrons. The molecule has 0 unspecified atom stereocenters. The monoisotopic (exact) mass is 432 g/mol. The van der Waals surface area contributed by atoms with Crippen molar-refractivity contribution in [3.63, 3.8) is 0 Å². The first kappa shape index (κ1) is 22.3. The molecule has 1 aliphatic rings. The highest BCUT2D eigenvalue weighted by molar-refractivity contribution is 7.89. The Hall–Kier alpha value is -2.42. The summed E-state index contributed by atoms with van der Waals surface area (Å²) in [7, 11) is -1.89. The van der Waals surface area contributed by atoms with Gasteiger partial charge in [-0.05, 0) is 37.1 Å². The van der Waals surface area contributed by atoms with Gasteiger partial charge in [0.1, 0.15) is 5.75 Å². The third-order valence-electron chi connectivity index (χ3n) is 5.15. The van der Waals surface area contributed by atoms with Crippen LogP contribution in [0.3, 0.4) is 0 Å². The zero-order chi connectivity index (χ0) is 21.6. The maximum absolute atomic E-state index is 12.7. The van der Waals surface area contributed by atoms with E-state index in [4.69, 9.17) is 9.47 Å². The number of hydrogen-bond donors (Lipinski definition) is 1. The molecule has 1 heterocycles. The number of ether oxygens (including phenoxy) is 2. The van der Waals surface area contributed by atoms with Gasteiger partial charge < -0.3 is 14.8 Å². The summed E-state index contributed by atoms with van der Waals surface area (Å²) in [4.78, 5) is 12.6. The molecule has 7 nitrogen and oxygen atoms in total. The number of nitrogens with one attached hydrogen (secondary N) is 1. The number of benzene rings is 2. The summed E-state index contributed by atoms with van der Waals surface area (Å²) >= 11 is 0. The molecule has 0 aromatic heterocycles. The van der Waals surface area contributed by atoms with Gasteiger partial charge in [0.05, 0.1) is 31.3 Å². The molecule has 0 radical (unpaired) electrons. The van der Waals surface area contributed by atoms with E-state index < -0.39 is 10.0 Å². The van der Waals surface area contributed by atoms with Crippen molar-refractivity contribution in [1.29, 1.82) is 0 Å². The van der Waals surface area contributed by atoms with E-state index >= 15 is 0 Å². The zero-order valence-corrected chi connectivity index (χ0v) is 18.2. The molecule has 3 rings (SSSR count). The van der Waals surface area contributed by atoms with Crippen LogP contribution in [-0.2, 0) is 26.0 Å². The molecule has 1 fully saturated rings. The van der Waals surface area contributed by atoms with E-state index in [1.807, 2.05) is 31.2 Å². The number of carbonyl (C=O) groups is 1. The topological polar surface area (TPSA) is 84.9 Å². The van der Waals surface area contributed by atoms with Gasteiger partial charge in [-0.2, -0.15) is 4.31 Å². The Morgan fingerprint density at radius 1 is 1.13 bits per heavy atom. The van der Waals surface area contributed by atoms with E-state index in [0.29, 0.717) is 39.1 Å². The Labute approximate surface area is 178 Å². The Balaban J connectivity index is 1.55. The molecule has 8 heteroatoms. The standard InChI is InChI=1S/C22H28N2O5S/c1-17(20-5-3-4-6-21(20)28-2)23-22(25)12-9-18-7-10-19(11-8-18)30(26,27)24-13-15-29-16-14-24/h3-8,10-11,17H,9,12-16H2,1-2H3,(H,23,25)/t17-/m0/s1. The third kappa shape index (κ3) is 5.38. The lowest BCUT2D eigenvalue weighted by atomic mass is 10.1. The van der Waals surface area contributed by atoms with E-state index in [0.717, 1.165) is 16.9 Å². The number of nitrogens with zero attached hydrogens (tertiary/aromatic N) is 1. The molecule has 0 bridgehead atoms. The predicted octanol–water partition coefficient (Wildman–Crippen LogP) is 2.53. The summed E-state index contributed by atoms with van der Waals surface area (Å²) in [6, 6.07) is 14.2. The van der Waals surface area contributed by atoms with Crippen molar-refractivity contribution in [2.45, 2.75) is 30.7 Å². The quantitative estimate of drug-likeness (QED) is 0.693. The average Bonchev–Trinajstić information content (AvgIpc) is 2.78. The van der Waals surface area contributed by atoms with E-state index in [1.54, 1.807) is 31.4 Å². The average molecular weight is 433 g/mol. The van der Waals surface area contributed by atoms with Crippen LogP contribution in [0.2, 0.25) is 0 Å². The second-order valence-electron chi connectivity index (χ2n) is 7.19. The minimum atomic E-state index is -3.50. The van der Waals surface area contributed by atoms with Crippen LogP contribution >= 0.6 is 0 Å². The van der Waals surface area contributed by atoms with Crippen LogP contribution in [0.15, 0.2) is 53.4 Å². The smallest absolute Gasteiger partial charge is 0.243 e. The lowest BCUT2D eigenvalue weighted by Gasteiger charge is -2.26. The van der Waals surface area contributed by atoms with Crippen molar-refractivity contribution in [2.75, 3.05) is 33.4 Å². The van der Waals surface area contributed by atoms with Crippen molar-refractivity contribution < 1.29 is 22.7 Å². The fraction of sp³-hybridized carbons (Fsp3) is 0.409. The van der Waals surface area contributed by atoms with Crippen molar-refractivity contribution in [3.05, 3.63) is 59.7 Å². The molecule has 1 saturated heterocycles. The van der Waals surface area contributed by atoms with E-state index in [-0.39, 0.29) is 16.8 Å². The highest BCUT2D eigenvalue weighted by Gasteiger charge is 2.26. The van der Waals surface area contributed by atoms with Gasteiger partial charge >= 0.3 is 0 Å². The van der Waals surface area contributed by atoms with Crippen LogP contribution in [-0.4, -0.2) is 52.0 Å². The SMILES string of the molecule is COc1ccccc1[C@H](C)NC(=O)CCc1ccc(S(=O)(=O)N2CCOCC2)cc1. The summed E-state index contributed by atoms with van der Waals surface area (Å²) in [6.45, 7) is 3.49. The van der Waals surface area contributed by atoms with Crippen LogP contribution in [0.4, 0.5) is 0 Å². The highest BCUT2D eigenvalue weighted by atomic mass is 32.2. The van der Waals surface area contributed by atoms with Crippen molar-refractivity contribution in [2.24, 2.45) is 0 Å². The summed E-state index contributed by atoms with van der Waals surface area (Å²) in [6.07, 6.45) is 0.845. The summed E-state index contributed by atoms with van der Waals surface area (Å²) in [5, 5.41) is 2.99. The lowest BCUT2D eigenvalue weighted by molar-refractivity contribution is -0.121. The Bertz CT molecular complexity index is 954. The van der Waals surface area contributed by atoms with Crippen LogP contribution in [0, 0.1) is 0 Å². The van der Waals surface area contributed by atoms with Gasteiger partial charge in [0.25, 0.3) is 0 Å². The van der Waals surface area contributed by atoms with Crippen LogP contribution in [0.5, 0.6) is 5.75 Å². The van der Waals surface area contributed by atoms with Crippen molar-refractivity contribution in [3.8, 4) is 5.75 Å². The van der Waals surface area contributed by atoms with Gasteiger partial charge in [-0.15, -0.1) is 0 Å². The van der Waals surface area contributed by atoms with Gasteiger partial charge in [-0.3, -0.25) is 4.79 Å². The van der Waals surface area contributed by atoms with E-state index in [1.165, 1.54) is 4.31 Å². The number of hydrogen-bond acceptors (Lipinski definition) is 5. The molecule has 1 atom stereocenters. The Morgan fingerprint density at radius 2 is 1.80 bits per heavy atom. The number of morpholine rings is 1. The first-order valence-corrected chi connectivity index (χ1v) is 11.4. The third-order valence-corrected chi connectivity index (χ3v) is 7.07. The molecule has 1 amide bonds. The Morgan fingerprint density at radius 3 is 2.47 bits per heavy atom. The van der Waals surface area contributed by atoms with E-state index in [2.05, 4.69) is 5.32 Å². The van der Waals surface area contributed by atoms with E-state index in [9.17, 15) is 13.2 Å². The molecule has 2 aromatic rings. The number of para-hydroxylation sites is 1. The fourth-order valence-corrected chi connectivity index (χ4v) is 4.85. The van der Waals surface area contributed by atoms with Crippen molar-refractivity contribution in [1.82, 2.24) is 9.62 Å². The van der Waals surface area contributed by atoms with Crippen LogP contribution in [0.1, 0.15) is 30.5 Å². The second kappa shape index (κ2) is 10.1.